The Labute approximate surface area is 248 Å². The van der Waals surface area contributed by atoms with E-state index >= 15 is 0 Å². The fourth-order valence-electron chi connectivity index (χ4n) is 4.87. The van der Waals surface area contributed by atoms with Crippen molar-refractivity contribution in [2.24, 2.45) is 0 Å². The first-order valence-electron chi connectivity index (χ1n) is 14.0. The number of nitrogens with zero attached hydrogens (tertiary/aromatic N) is 2. The van der Waals surface area contributed by atoms with Gasteiger partial charge in [0.05, 0.1) is 10.6 Å². The fraction of sp³-hybridized carbons (Fsp3) is 0.235. The normalized spacial score (nSPS) is 11.9. The van der Waals surface area contributed by atoms with Crippen molar-refractivity contribution in [3.63, 3.8) is 0 Å². The molecule has 218 valence electrons. The maximum Gasteiger partial charge on any atom is 0.264 e. The molecule has 0 heterocycles. The molecule has 1 atom stereocenters. The minimum atomic E-state index is -4.11. The number of likely N-dealkylation sites (N-methyl/N-ethyl adjacent to an activating group) is 1. The summed E-state index contributed by atoms with van der Waals surface area (Å²) in [5.41, 5.74) is 4.17. The standard InChI is InChI=1S/C34H37N3O4S/c1-4-27-18-20-30(21-19-27)37(42(40,41)31-16-9-6-10-17-31)25-33(38)36(24-29-15-11-12-26(2)22-29)32(34(39)35-3)23-28-13-7-5-8-14-28/h5-22,32H,4,23-25H2,1-3H3,(H,35,39). The number of hydrogen-bond acceptors (Lipinski definition) is 4. The van der Waals surface area contributed by atoms with Gasteiger partial charge in [0, 0.05) is 20.0 Å². The van der Waals surface area contributed by atoms with Crippen LogP contribution in [-0.2, 0) is 39.0 Å². The van der Waals surface area contributed by atoms with Crippen LogP contribution in [-0.4, -0.2) is 44.8 Å². The molecule has 0 aliphatic carbocycles. The van der Waals surface area contributed by atoms with Crippen LogP contribution < -0.4 is 9.62 Å². The molecule has 0 aliphatic heterocycles. The van der Waals surface area contributed by atoms with Crippen LogP contribution in [0.15, 0.2) is 114 Å². The van der Waals surface area contributed by atoms with Gasteiger partial charge in [0.1, 0.15) is 12.6 Å². The molecule has 4 aromatic rings. The first-order valence-corrected chi connectivity index (χ1v) is 15.4. The van der Waals surface area contributed by atoms with Crippen molar-refractivity contribution in [1.82, 2.24) is 10.2 Å². The number of hydrogen-bond donors (Lipinski definition) is 1. The van der Waals surface area contributed by atoms with Crippen molar-refractivity contribution in [3.8, 4) is 0 Å². The molecule has 2 amide bonds. The van der Waals surface area contributed by atoms with Gasteiger partial charge < -0.3 is 10.2 Å². The fourth-order valence-corrected chi connectivity index (χ4v) is 6.31. The Kier molecular flexibility index (Phi) is 10.1. The zero-order valence-corrected chi connectivity index (χ0v) is 25.1. The monoisotopic (exact) mass is 583 g/mol. The van der Waals surface area contributed by atoms with Crippen LogP contribution in [0.2, 0.25) is 0 Å². The number of carbonyl (C=O) groups excluding carboxylic acids is 2. The Balaban J connectivity index is 1.78. The largest absolute Gasteiger partial charge is 0.357 e. The van der Waals surface area contributed by atoms with Crippen LogP contribution in [0.1, 0.15) is 29.2 Å². The summed E-state index contributed by atoms with van der Waals surface area (Å²) in [6, 6.07) is 31.6. The third-order valence-corrected chi connectivity index (χ3v) is 8.98. The van der Waals surface area contributed by atoms with Crippen LogP contribution >= 0.6 is 0 Å². The van der Waals surface area contributed by atoms with Crippen molar-refractivity contribution in [1.29, 1.82) is 0 Å². The van der Waals surface area contributed by atoms with Gasteiger partial charge in [-0.2, -0.15) is 0 Å². The molecular formula is C34H37N3O4S. The van der Waals surface area contributed by atoms with Crippen molar-refractivity contribution in [2.45, 2.75) is 44.2 Å². The van der Waals surface area contributed by atoms with E-state index in [-0.39, 0.29) is 23.8 Å². The molecule has 0 aromatic heterocycles. The molecule has 0 spiro atoms. The van der Waals surface area contributed by atoms with E-state index in [2.05, 4.69) is 5.32 Å². The number of amides is 2. The summed E-state index contributed by atoms with van der Waals surface area (Å²) >= 11 is 0. The quantitative estimate of drug-likeness (QED) is 0.250. The Morgan fingerprint density at radius 2 is 1.40 bits per heavy atom. The Morgan fingerprint density at radius 1 is 0.786 bits per heavy atom. The number of nitrogens with one attached hydrogen (secondary N) is 1. The van der Waals surface area contributed by atoms with Crippen LogP contribution in [0.4, 0.5) is 5.69 Å². The second kappa shape index (κ2) is 14.0. The Hall–Kier alpha value is -4.43. The van der Waals surface area contributed by atoms with Gasteiger partial charge in [-0.25, -0.2) is 8.42 Å². The highest BCUT2D eigenvalue weighted by Crippen LogP contribution is 2.25. The van der Waals surface area contributed by atoms with E-state index < -0.39 is 28.5 Å². The van der Waals surface area contributed by atoms with Crippen molar-refractivity contribution < 1.29 is 18.0 Å². The van der Waals surface area contributed by atoms with Gasteiger partial charge in [-0.3, -0.25) is 13.9 Å². The summed E-state index contributed by atoms with van der Waals surface area (Å²) in [6.07, 6.45) is 1.07. The van der Waals surface area contributed by atoms with E-state index in [0.29, 0.717) is 5.69 Å². The minimum absolute atomic E-state index is 0.0785. The average molecular weight is 584 g/mol. The number of anilines is 1. The van der Waals surface area contributed by atoms with Crippen molar-refractivity contribution >= 4 is 27.5 Å². The van der Waals surface area contributed by atoms with Gasteiger partial charge in [-0.15, -0.1) is 0 Å². The molecule has 0 saturated heterocycles. The molecular weight excluding hydrogens is 546 g/mol. The topological polar surface area (TPSA) is 86.8 Å². The highest BCUT2D eigenvalue weighted by Gasteiger charge is 2.34. The Morgan fingerprint density at radius 3 is 2.00 bits per heavy atom. The van der Waals surface area contributed by atoms with Crippen molar-refractivity contribution in [3.05, 3.63) is 131 Å². The predicted molar refractivity (Wildman–Crippen MR) is 167 cm³/mol. The van der Waals surface area contributed by atoms with E-state index in [9.17, 15) is 18.0 Å². The third kappa shape index (κ3) is 7.44. The molecule has 0 fully saturated rings. The molecule has 0 aliphatic rings. The van der Waals surface area contributed by atoms with Gasteiger partial charge in [-0.05, 0) is 54.3 Å². The van der Waals surface area contributed by atoms with Crippen molar-refractivity contribution in [2.75, 3.05) is 17.9 Å². The third-order valence-electron chi connectivity index (χ3n) is 7.20. The van der Waals surface area contributed by atoms with Gasteiger partial charge >= 0.3 is 0 Å². The lowest BCUT2D eigenvalue weighted by Gasteiger charge is -2.33. The first kappa shape index (κ1) is 30.5. The number of aryl methyl sites for hydroxylation is 2. The summed E-state index contributed by atoms with van der Waals surface area (Å²) in [6.45, 7) is 3.64. The van der Waals surface area contributed by atoms with Gasteiger partial charge in [0.25, 0.3) is 10.0 Å². The second-order valence-corrected chi connectivity index (χ2v) is 12.0. The molecule has 8 heteroatoms. The minimum Gasteiger partial charge on any atom is -0.357 e. The summed E-state index contributed by atoms with van der Waals surface area (Å²) < 4.78 is 29.1. The number of rotatable bonds is 12. The van der Waals surface area contributed by atoms with E-state index in [1.54, 1.807) is 30.3 Å². The lowest BCUT2D eigenvalue weighted by Crippen LogP contribution is -2.53. The molecule has 1 unspecified atom stereocenters. The van der Waals surface area contributed by atoms with E-state index in [1.165, 1.54) is 24.1 Å². The van der Waals surface area contributed by atoms with Crippen LogP contribution in [0.3, 0.4) is 0 Å². The molecule has 4 aromatic carbocycles. The SMILES string of the molecule is CCc1ccc(N(CC(=O)N(Cc2cccc(C)c2)C(Cc2ccccc2)C(=O)NC)S(=O)(=O)c2ccccc2)cc1. The number of sulfonamides is 1. The maximum absolute atomic E-state index is 14.3. The number of carbonyl (C=O) groups is 2. The highest BCUT2D eigenvalue weighted by atomic mass is 32.2. The summed E-state index contributed by atoms with van der Waals surface area (Å²) in [7, 11) is -2.57. The molecule has 0 saturated carbocycles. The summed E-state index contributed by atoms with van der Waals surface area (Å²) in [5.74, 6) is -0.815. The van der Waals surface area contributed by atoms with Crippen LogP contribution in [0.5, 0.6) is 0 Å². The second-order valence-electron chi connectivity index (χ2n) is 10.2. The molecule has 7 nitrogen and oxygen atoms in total. The lowest BCUT2D eigenvalue weighted by atomic mass is 10.0. The summed E-state index contributed by atoms with van der Waals surface area (Å²) in [5, 5.41) is 2.71. The zero-order valence-electron chi connectivity index (χ0n) is 24.2. The molecule has 0 bridgehead atoms. The van der Waals surface area contributed by atoms with E-state index in [4.69, 9.17) is 0 Å². The molecule has 42 heavy (non-hydrogen) atoms. The van der Waals surface area contributed by atoms with E-state index in [1.807, 2.05) is 80.6 Å². The molecule has 4 rings (SSSR count). The molecule has 1 N–H and O–H groups in total. The highest BCUT2D eigenvalue weighted by molar-refractivity contribution is 7.92. The lowest BCUT2D eigenvalue weighted by molar-refractivity contribution is -0.139. The number of benzene rings is 4. The zero-order chi connectivity index (χ0) is 30.1. The predicted octanol–water partition coefficient (Wildman–Crippen LogP) is 5.14. The Bertz CT molecular complexity index is 1590. The van der Waals surface area contributed by atoms with Gasteiger partial charge in [-0.1, -0.05) is 97.4 Å². The maximum atomic E-state index is 14.3. The van der Waals surface area contributed by atoms with Gasteiger partial charge in [0.2, 0.25) is 11.8 Å². The van der Waals surface area contributed by atoms with Crippen LogP contribution in [0.25, 0.3) is 0 Å². The van der Waals surface area contributed by atoms with E-state index in [0.717, 1.165) is 33.0 Å². The average Bonchev–Trinajstić information content (AvgIpc) is 3.02. The smallest absolute Gasteiger partial charge is 0.264 e. The first-order chi connectivity index (χ1) is 20.2. The summed E-state index contributed by atoms with van der Waals surface area (Å²) in [4.78, 5) is 29.2. The molecule has 0 radical (unpaired) electrons. The van der Waals surface area contributed by atoms with Gasteiger partial charge in [0.15, 0.2) is 0 Å². The van der Waals surface area contributed by atoms with Crippen LogP contribution in [0, 0.1) is 6.92 Å².